The maximum atomic E-state index is 4.06. The highest BCUT2D eigenvalue weighted by molar-refractivity contribution is 7.09. The standard InChI is InChI=1S/C18H18N4S/c1-2-17(23-7-1)13-22(12-15-9-20-21-10-15)11-14-3-4-18-16(8-14)5-6-19-18/h1-10,19H,11-13H2,(H,20,21). The Morgan fingerprint density at radius 2 is 2.00 bits per heavy atom. The molecule has 0 aliphatic carbocycles. The van der Waals surface area contributed by atoms with E-state index in [1.54, 1.807) is 0 Å². The molecule has 4 rings (SSSR count). The molecule has 5 heteroatoms. The highest BCUT2D eigenvalue weighted by atomic mass is 32.1. The number of thiophene rings is 1. The van der Waals surface area contributed by atoms with Gasteiger partial charge in [-0.3, -0.25) is 10.00 Å². The molecule has 0 saturated heterocycles. The van der Waals surface area contributed by atoms with Crippen molar-refractivity contribution in [2.75, 3.05) is 0 Å². The predicted octanol–water partition coefficient (Wildman–Crippen LogP) is 4.15. The molecule has 0 spiro atoms. The molecule has 3 aromatic heterocycles. The molecule has 0 atom stereocenters. The van der Waals surface area contributed by atoms with E-state index in [4.69, 9.17) is 0 Å². The van der Waals surface area contributed by atoms with Crippen LogP contribution >= 0.6 is 11.3 Å². The van der Waals surface area contributed by atoms with Crippen molar-refractivity contribution in [3.05, 3.63) is 76.4 Å². The fourth-order valence-corrected chi connectivity index (χ4v) is 3.62. The van der Waals surface area contributed by atoms with E-state index in [0.29, 0.717) is 0 Å². The molecule has 4 nitrogen and oxygen atoms in total. The number of rotatable bonds is 6. The van der Waals surface area contributed by atoms with Gasteiger partial charge >= 0.3 is 0 Å². The Balaban J connectivity index is 1.55. The molecular formula is C18H18N4S. The minimum absolute atomic E-state index is 0.888. The lowest BCUT2D eigenvalue weighted by Gasteiger charge is -2.21. The summed E-state index contributed by atoms with van der Waals surface area (Å²) in [4.78, 5) is 7.08. The van der Waals surface area contributed by atoms with Gasteiger partial charge in [-0.15, -0.1) is 11.3 Å². The van der Waals surface area contributed by atoms with Crippen LogP contribution in [0.3, 0.4) is 0 Å². The van der Waals surface area contributed by atoms with Crippen molar-refractivity contribution in [3.63, 3.8) is 0 Å². The van der Waals surface area contributed by atoms with Gasteiger partial charge in [0.15, 0.2) is 0 Å². The molecular weight excluding hydrogens is 304 g/mol. The number of nitrogens with one attached hydrogen (secondary N) is 2. The third kappa shape index (κ3) is 3.36. The maximum absolute atomic E-state index is 4.06. The lowest BCUT2D eigenvalue weighted by Crippen LogP contribution is -2.21. The Hall–Kier alpha value is -2.37. The van der Waals surface area contributed by atoms with Crippen LogP contribution in [0, 0.1) is 0 Å². The van der Waals surface area contributed by atoms with E-state index in [-0.39, 0.29) is 0 Å². The molecule has 0 bridgehead atoms. The lowest BCUT2D eigenvalue weighted by atomic mass is 10.1. The van der Waals surface area contributed by atoms with Crippen molar-refractivity contribution in [2.24, 2.45) is 0 Å². The van der Waals surface area contributed by atoms with Gasteiger partial charge in [-0.25, -0.2) is 0 Å². The van der Waals surface area contributed by atoms with Crippen LogP contribution in [0.15, 0.2) is 60.4 Å². The first kappa shape index (κ1) is 14.2. The smallest absolute Gasteiger partial charge is 0.0532 e. The Labute approximate surface area is 138 Å². The minimum atomic E-state index is 0.888. The van der Waals surface area contributed by atoms with Gasteiger partial charge in [-0.05, 0) is 40.6 Å². The highest BCUT2D eigenvalue weighted by Crippen LogP contribution is 2.19. The molecule has 0 aliphatic heterocycles. The van der Waals surface area contributed by atoms with Crippen LogP contribution in [0.1, 0.15) is 16.0 Å². The van der Waals surface area contributed by atoms with Crippen molar-refractivity contribution in [2.45, 2.75) is 19.6 Å². The zero-order chi connectivity index (χ0) is 15.5. The molecule has 0 saturated carbocycles. The number of hydrogen-bond donors (Lipinski definition) is 2. The van der Waals surface area contributed by atoms with Gasteiger partial charge in [0.1, 0.15) is 0 Å². The van der Waals surface area contributed by atoms with Crippen molar-refractivity contribution >= 4 is 22.2 Å². The van der Waals surface area contributed by atoms with E-state index in [9.17, 15) is 0 Å². The molecule has 2 N–H and O–H groups in total. The number of benzene rings is 1. The van der Waals surface area contributed by atoms with Gasteiger partial charge in [-0.1, -0.05) is 12.1 Å². The van der Waals surface area contributed by atoms with Gasteiger partial charge in [-0.2, -0.15) is 5.10 Å². The minimum Gasteiger partial charge on any atom is -0.361 e. The molecule has 3 heterocycles. The fourth-order valence-electron chi connectivity index (χ4n) is 2.87. The molecule has 116 valence electrons. The van der Waals surface area contributed by atoms with Gasteiger partial charge in [0.05, 0.1) is 6.20 Å². The van der Waals surface area contributed by atoms with Gasteiger partial charge in [0.25, 0.3) is 0 Å². The number of hydrogen-bond acceptors (Lipinski definition) is 3. The van der Waals surface area contributed by atoms with Gasteiger partial charge in [0, 0.05) is 48.0 Å². The molecule has 23 heavy (non-hydrogen) atoms. The molecule has 1 aromatic carbocycles. The van der Waals surface area contributed by atoms with E-state index in [1.807, 2.05) is 29.9 Å². The Kier molecular flexibility index (Phi) is 3.96. The first-order valence-corrected chi connectivity index (χ1v) is 8.53. The molecule has 0 aliphatic rings. The van der Waals surface area contributed by atoms with Crippen LogP contribution in [0.5, 0.6) is 0 Å². The average Bonchev–Trinajstić information content (AvgIpc) is 3.29. The van der Waals surface area contributed by atoms with E-state index in [0.717, 1.165) is 19.6 Å². The fraction of sp³-hybridized carbons (Fsp3) is 0.167. The van der Waals surface area contributed by atoms with Crippen LogP contribution in [0.25, 0.3) is 10.9 Å². The van der Waals surface area contributed by atoms with Crippen molar-refractivity contribution < 1.29 is 0 Å². The Morgan fingerprint density at radius 1 is 1.04 bits per heavy atom. The van der Waals surface area contributed by atoms with Crippen LogP contribution in [0.2, 0.25) is 0 Å². The average molecular weight is 322 g/mol. The first-order chi connectivity index (χ1) is 11.4. The molecule has 0 fully saturated rings. The summed E-state index contributed by atoms with van der Waals surface area (Å²) < 4.78 is 0. The third-order valence-corrected chi connectivity index (χ3v) is 4.81. The topological polar surface area (TPSA) is 47.7 Å². The highest BCUT2D eigenvalue weighted by Gasteiger charge is 2.10. The van der Waals surface area contributed by atoms with E-state index < -0.39 is 0 Å². The van der Waals surface area contributed by atoms with E-state index in [2.05, 4.69) is 61.9 Å². The Morgan fingerprint density at radius 3 is 2.83 bits per heavy atom. The van der Waals surface area contributed by atoms with Crippen LogP contribution < -0.4 is 0 Å². The summed E-state index contributed by atoms with van der Waals surface area (Å²) in [7, 11) is 0. The van der Waals surface area contributed by atoms with Crippen LogP contribution in [-0.2, 0) is 19.6 Å². The summed E-state index contributed by atoms with van der Waals surface area (Å²) in [6.45, 7) is 2.76. The second-order valence-corrected chi connectivity index (χ2v) is 6.76. The molecule has 4 aromatic rings. The normalized spacial score (nSPS) is 11.5. The summed E-state index contributed by atoms with van der Waals surface area (Å²) in [5.74, 6) is 0. The summed E-state index contributed by atoms with van der Waals surface area (Å²) >= 11 is 1.81. The van der Waals surface area contributed by atoms with Crippen LogP contribution in [-0.4, -0.2) is 20.1 Å². The van der Waals surface area contributed by atoms with Gasteiger partial charge < -0.3 is 4.98 Å². The number of aromatic amines is 2. The quantitative estimate of drug-likeness (QED) is 0.560. The van der Waals surface area contributed by atoms with Crippen molar-refractivity contribution in [1.29, 1.82) is 0 Å². The summed E-state index contributed by atoms with van der Waals surface area (Å²) in [6, 6.07) is 13.1. The lowest BCUT2D eigenvalue weighted by molar-refractivity contribution is 0.250. The largest absolute Gasteiger partial charge is 0.361 e. The summed E-state index contributed by atoms with van der Waals surface area (Å²) in [6.07, 6.45) is 5.86. The Bertz CT molecular complexity index is 825. The summed E-state index contributed by atoms with van der Waals surface area (Å²) in [5.41, 5.74) is 3.73. The second-order valence-electron chi connectivity index (χ2n) is 5.73. The number of H-pyrrole nitrogens is 2. The van der Waals surface area contributed by atoms with Gasteiger partial charge in [0.2, 0.25) is 0 Å². The van der Waals surface area contributed by atoms with Crippen molar-refractivity contribution in [1.82, 2.24) is 20.1 Å². The van der Waals surface area contributed by atoms with Crippen LogP contribution in [0.4, 0.5) is 0 Å². The second kappa shape index (κ2) is 6.40. The molecule has 0 radical (unpaired) electrons. The van der Waals surface area contributed by atoms with E-state index >= 15 is 0 Å². The zero-order valence-corrected chi connectivity index (χ0v) is 13.5. The number of fused-ring (bicyclic) bond motifs is 1. The number of nitrogens with zero attached hydrogens (tertiary/aromatic N) is 2. The zero-order valence-electron chi connectivity index (χ0n) is 12.7. The maximum Gasteiger partial charge on any atom is 0.0532 e. The number of aromatic nitrogens is 3. The summed E-state index contributed by atoms with van der Waals surface area (Å²) in [5, 5.41) is 10.4. The van der Waals surface area contributed by atoms with Crippen molar-refractivity contribution in [3.8, 4) is 0 Å². The third-order valence-electron chi connectivity index (χ3n) is 3.94. The SMILES string of the molecule is c1csc(CN(Cc2cn[nH]c2)Cc2ccc3[nH]ccc3c2)c1. The predicted molar refractivity (Wildman–Crippen MR) is 94.2 cm³/mol. The molecule has 0 amide bonds. The van der Waals surface area contributed by atoms with E-state index in [1.165, 1.54) is 26.9 Å². The first-order valence-electron chi connectivity index (χ1n) is 7.65. The monoisotopic (exact) mass is 322 g/mol. The molecule has 0 unspecified atom stereocenters.